The summed E-state index contributed by atoms with van der Waals surface area (Å²) >= 11 is 0. The van der Waals surface area contributed by atoms with Crippen LogP contribution in [0.2, 0.25) is 0 Å². The number of anilines is 1. The fourth-order valence-electron chi connectivity index (χ4n) is 3.15. The summed E-state index contributed by atoms with van der Waals surface area (Å²) in [6, 6.07) is 6.40. The van der Waals surface area contributed by atoms with Crippen molar-refractivity contribution in [1.82, 2.24) is 10.3 Å². The molecular weight excluding hydrogens is 304 g/mol. The van der Waals surface area contributed by atoms with Crippen molar-refractivity contribution < 1.29 is 9.53 Å². The summed E-state index contributed by atoms with van der Waals surface area (Å²) in [4.78, 5) is 16.4. The van der Waals surface area contributed by atoms with Crippen molar-refractivity contribution in [3.8, 4) is 0 Å². The van der Waals surface area contributed by atoms with E-state index in [4.69, 9.17) is 4.74 Å². The molecule has 130 valence electrons. The number of hydrogen-bond donors (Lipinski definition) is 1. The molecule has 2 fully saturated rings. The Kier molecular flexibility index (Phi) is 5.82. The molecule has 0 atom stereocenters. The van der Waals surface area contributed by atoms with Gasteiger partial charge in [-0.15, -0.1) is 0 Å². The highest BCUT2D eigenvalue weighted by molar-refractivity contribution is 5.85. The molecule has 0 spiro atoms. The number of aryl methyl sites for hydroxylation is 1. The summed E-state index contributed by atoms with van der Waals surface area (Å²) < 4.78 is 5.27. The Bertz CT molecular complexity index is 591. The molecule has 2 aliphatic heterocycles. The topological polar surface area (TPSA) is 57.2 Å². The maximum absolute atomic E-state index is 11.9. The van der Waals surface area contributed by atoms with Crippen LogP contribution in [0.3, 0.4) is 0 Å². The van der Waals surface area contributed by atoms with Gasteiger partial charge in [0.15, 0.2) is 0 Å². The van der Waals surface area contributed by atoms with E-state index in [2.05, 4.69) is 45.4 Å². The van der Waals surface area contributed by atoms with Crippen LogP contribution < -0.4 is 10.3 Å². The SMILES string of the molecule is Cc1cc(N2CCCC2)ccc1/C=N\NC(=O)CN1CCOCC1. The zero-order valence-electron chi connectivity index (χ0n) is 14.3. The molecule has 3 rings (SSSR count). The van der Waals surface area contributed by atoms with E-state index in [1.54, 1.807) is 6.21 Å². The maximum Gasteiger partial charge on any atom is 0.254 e. The van der Waals surface area contributed by atoms with E-state index in [0.717, 1.165) is 31.7 Å². The Labute approximate surface area is 143 Å². The Balaban J connectivity index is 1.51. The lowest BCUT2D eigenvalue weighted by Crippen LogP contribution is -2.42. The van der Waals surface area contributed by atoms with Crippen LogP contribution in [0.15, 0.2) is 23.3 Å². The van der Waals surface area contributed by atoms with E-state index in [1.807, 2.05) is 0 Å². The quantitative estimate of drug-likeness (QED) is 0.654. The van der Waals surface area contributed by atoms with Gasteiger partial charge in [-0.25, -0.2) is 5.43 Å². The molecule has 0 unspecified atom stereocenters. The third-order valence-electron chi connectivity index (χ3n) is 4.59. The third-order valence-corrected chi connectivity index (χ3v) is 4.59. The summed E-state index contributed by atoms with van der Waals surface area (Å²) in [6.07, 6.45) is 4.27. The van der Waals surface area contributed by atoms with Gasteiger partial charge in [0.1, 0.15) is 0 Å². The van der Waals surface area contributed by atoms with Gasteiger partial charge in [0.25, 0.3) is 5.91 Å². The molecule has 0 bridgehead atoms. The Morgan fingerprint density at radius 3 is 2.71 bits per heavy atom. The van der Waals surface area contributed by atoms with Gasteiger partial charge < -0.3 is 9.64 Å². The second-order valence-corrected chi connectivity index (χ2v) is 6.42. The van der Waals surface area contributed by atoms with Crippen LogP contribution in [0.4, 0.5) is 5.69 Å². The zero-order valence-corrected chi connectivity index (χ0v) is 14.3. The van der Waals surface area contributed by atoms with E-state index >= 15 is 0 Å². The van der Waals surface area contributed by atoms with Crippen LogP contribution in [0, 0.1) is 6.92 Å². The molecule has 2 heterocycles. The molecule has 2 aliphatic rings. The summed E-state index contributed by atoms with van der Waals surface area (Å²) in [5, 5.41) is 4.10. The van der Waals surface area contributed by atoms with E-state index in [-0.39, 0.29) is 5.91 Å². The minimum atomic E-state index is -0.0838. The lowest BCUT2D eigenvalue weighted by molar-refractivity contribution is -0.123. The van der Waals surface area contributed by atoms with Crippen LogP contribution in [0.25, 0.3) is 0 Å². The number of rotatable bonds is 5. The molecule has 2 saturated heterocycles. The van der Waals surface area contributed by atoms with Crippen molar-refractivity contribution in [3.05, 3.63) is 29.3 Å². The van der Waals surface area contributed by atoms with Gasteiger partial charge in [-0.1, -0.05) is 6.07 Å². The second kappa shape index (κ2) is 8.26. The first kappa shape index (κ1) is 16.9. The van der Waals surface area contributed by atoms with Crippen LogP contribution >= 0.6 is 0 Å². The van der Waals surface area contributed by atoms with Gasteiger partial charge in [0.2, 0.25) is 0 Å². The number of amides is 1. The number of ether oxygens (including phenoxy) is 1. The molecule has 6 nitrogen and oxygen atoms in total. The molecule has 0 aromatic heterocycles. The first-order chi connectivity index (χ1) is 11.7. The molecule has 24 heavy (non-hydrogen) atoms. The van der Waals surface area contributed by atoms with Gasteiger partial charge in [-0.2, -0.15) is 5.10 Å². The average molecular weight is 330 g/mol. The summed E-state index contributed by atoms with van der Waals surface area (Å²) in [5.74, 6) is -0.0838. The number of hydrazone groups is 1. The number of nitrogens with zero attached hydrogens (tertiary/aromatic N) is 3. The van der Waals surface area contributed by atoms with Crippen molar-refractivity contribution in [1.29, 1.82) is 0 Å². The van der Waals surface area contributed by atoms with Gasteiger partial charge in [-0.05, 0) is 43.0 Å². The lowest BCUT2D eigenvalue weighted by Gasteiger charge is -2.25. The fraction of sp³-hybridized carbons (Fsp3) is 0.556. The Morgan fingerprint density at radius 1 is 1.25 bits per heavy atom. The first-order valence-electron chi connectivity index (χ1n) is 8.70. The highest BCUT2D eigenvalue weighted by atomic mass is 16.5. The normalized spacial score (nSPS) is 19.1. The number of morpholine rings is 1. The molecule has 0 aliphatic carbocycles. The molecule has 1 N–H and O–H groups in total. The Hall–Kier alpha value is -1.92. The fourth-order valence-corrected chi connectivity index (χ4v) is 3.15. The van der Waals surface area contributed by atoms with Gasteiger partial charge in [-0.3, -0.25) is 9.69 Å². The predicted molar refractivity (Wildman–Crippen MR) is 95.6 cm³/mol. The number of benzene rings is 1. The van der Waals surface area contributed by atoms with Crippen LogP contribution in [0.5, 0.6) is 0 Å². The number of nitrogens with one attached hydrogen (secondary N) is 1. The lowest BCUT2D eigenvalue weighted by atomic mass is 10.1. The monoisotopic (exact) mass is 330 g/mol. The molecular formula is C18H26N4O2. The largest absolute Gasteiger partial charge is 0.379 e. The van der Waals surface area contributed by atoms with E-state index in [1.165, 1.54) is 24.1 Å². The molecule has 1 amide bonds. The third kappa shape index (κ3) is 4.55. The number of hydrogen-bond acceptors (Lipinski definition) is 5. The minimum absolute atomic E-state index is 0.0838. The van der Waals surface area contributed by atoms with Crippen LogP contribution in [-0.2, 0) is 9.53 Å². The molecule has 6 heteroatoms. The molecule has 0 saturated carbocycles. The van der Waals surface area contributed by atoms with Crippen molar-refractivity contribution >= 4 is 17.8 Å². The zero-order chi connectivity index (χ0) is 16.8. The second-order valence-electron chi connectivity index (χ2n) is 6.42. The van der Waals surface area contributed by atoms with E-state index in [9.17, 15) is 4.79 Å². The average Bonchev–Trinajstić information content (AvgIpc) is 3.12. The van der Waals surface area contributed by atoms with Crippen LogP contribution in [-0.4, -0.2) is 63.0 Å². The van der Waals surface area contributed by atoms with Crippen molar-refractivity contribution in [2.45, 2.75) is 19.8 Å². The van der Waals surface area contributed by atoms with E-state index in [0.29, 0.717) is 19.8 Å². The van der Waals surface area contributed by atoms with E-state index < -0.39 is 0 Å². The van der Waals surface area contributed by atoms with Gasteiger partial charge >= 0.3 is 0 Å². The van der Waals surface area contributed by atoms with Gasteiger partial charge in [0, 0.05) is 31.9 Å². The predicted octanol–water partition coefficient (Wildman–Crippen LogP) is 1.38. The summed E-state index contributed by atoms with van der Waals surface area (Å²) in [6.45, 7) is 7.72. The molecule has 1 aromatic rings. The van der Waals surface area contributed by atoms with Crippen molar-refractivity contribution in [3.63, 3.8) is 0 Å². The summed E-state index contributed by atoms with van der Waals surface area (Å²) in [7, 11) is 0. The summed E-state index contributed by atoms with van der Waals surface area (Å²) in [5.41, 5.74) is 6.09. The highest BCUT2D eigenvalue weighted by Crippen LogP contribution is 2.22. The first-order valence-corrected chi connectivity index (χ1v) is 8.70. The van der Waals surface area contributed by atoms with Crippen molar-refractivity contribution in [2.75, 3.05) is 50.8 Å². The minimum Gasteiger partial charge on any atom is -0.379 e. The Morgan fingerprint density at radius 2 is 2.00 bits per heavy atom. The highest BCUT2D eigenvalue weighted by Gasteiger charge is 2.14. The number of carbonyl (C=O) groups is 1. The standard InChI is InChI=1S/C18H26N4O2/c1-15-12-17(22-6-2-3-7-22)5-4-16(15)13-19-20-18(23)14-21-8-10-24-11-9-21/h4-5,12-13H,2-3,6-11,14H2,1H3,(H,20,23)/b19-13-. The van der Waals surface area contributed by atoms with Gasteiger partial charge in [0.05, 0.1) is 26.0 Å². The number of carbonyl (C=O) groups excluding carboxylic acids is 1. The maximum atomic E-state index is 11.9. The molecule has 0 radical (unpaired) electrons. The molecule has 1 aromatic carbocycles. The van der Waals surface area contributed by atoms with Crippen molar-refractivity contribution in [2.24, 2.45) is 5.10 Å². The smallest absolute Gasteiger partial charge is 0.254 e. The van der Waals surface area contributed by atoms with Crippen LogP contribution in [0.1, 0.15) is 24.0 Å².